The monoisotopic (exact) mass is 686 g/mol. The molecule has 3 aromatic carbocycles. The second kappa shape index (κ2) is 15.7. The molecule has 3 N–H and O–H groups in total. The number of thiocarbonyl (C=S) groups is 1. The minimum absolute atomic E-state index is 0.0313. The highest BCUT2D eigenvalue weighted by molar-refractivity contribution is 7.80. The maximum absolute atomic E-state index is 15.1. The second-order valence-electron chi connectivity index (χ2n) is 11.8. The van der Waals surface area contributed by atoms with E-state index in [1.54, 1.807) is 18.3 Å². The molecule has 2 amide bonds. The minimum atomic E-state index is -0.601. The van der Waals surface area contributed by atoms with Gasteiger partial charge >= 0.3 is 6.09 Å². The van der Waals surface area contributed by atoms with E-state index in [2.05, 4.69) is 20.9 Å². The van der Waals surface area contributed by atoms with Crippen LogP contribution in [0, 0.1) is 5.82 Å². The van der Waals surface area contributed by atoms with Gasteiger partial charge in [0.05, 0.1) is 29.9 Å². The van der Waals surface area contributed by atoms with Gasteiger partial charge in [-0.25, -0.2) is 9.18 Å². The molecule has 0 bridgehead atoms. The number of rotatable bonds is 11. The zero-order valence-corrected chi connectivity index (χ0v) is 28.3. The molecule has 0 atom stereocenters. The summed E-state index contributed by atoms with van der Waals surface area (Å²) in [5, 5.41) is 8.27. The van der Waals surface area contributed by atoms with Crippen molar-refractivity contribution in [1.82, 2.24) is 15.6 Å². The largest absolute Gasteiger partial charge is 0.493 e. The number of hydrogen-bond donors (Lipinski definition) is 3. The lowest BCUT2D eigenvalue weighted by Crippen LogP contribution is -2.41. The molecule has 0 aliphatic heterocycles. The van der Waals surface area contributed by atoms with Crippen LogP contribution >= 0.6 is 23.6 Å². The quantitative estimate of drug-likeness (QED) is 0.0942. The number of anilines is 1. The van der Waals surface area contributed by atoms with Gasteiger partial charge in [-0.1, -0.05) is 30.3 Å². The molecule has 0 unspecified atom stereocenters. The number of fused-ring (bicyclic) bond motifs is 1. The lowest BCUT2D eigenvalue weighted by atomic mass is 10.1. The van der Waals surface area contributed by atoms with Gasteiger partial charge in [-0.2, -0.15) is 0 Å². The third-order valence-electron chi connectivity index (χ3n) is 6.65. The Kier molecular flexibility index (Phi) is 11.2. The topological polar surface area (TPSA) is 111 Å². The molecule has 12 heteroatoms. The predicted molar refractivity (Wildman–Crippen MR) is 190 cm³/mol. The fourth-order valence-electron chi connectivity index (χ4n) is 4.50. The van der Waals surface area contributed by atoms with Gasteiger partial charge in [0.15, 0.2) is 16.7 Å². The first kappa shape index (κ1) is 34.3. The molecule has 0 saturated carbocycles. The SMILES string of the molecule is CC(C)(C)NC(=O)OCCCOc1ccc(-c2cc3nccc(Oc4ccc(NC(=S)NC(=O)Cc5ccccc5)cc4F)c3s2)cc1. The Morgan fingerprint density at radius 2 is 1.71 bits per heavy atom. The lowest BCUT2D eigenvalue weighted by molar-refractivity contribution is -0.119. The molecule has 0 aliphatic carbocycles. The minimum Gasteiger partial charge on any atom is -0.493 e. The molecule has 2 heterocycles. The Balaban J connectivity index is 1.15. The normalized spacial score (nSPS) is 11.1. The highest BCUT2D eigenvalue weighted by Crippen LogP contribution is 2.40. The summed E-state index contributed by atoms with van der Waals surface area (Å²) in [5.74, 6) is 0.323. The first-order chi connectivity index (χ1) is 23.0. The number of alkyl carbamates (subject to hydrolysis) is 1. The molecule has 2 aromatic heterocycles. The number of halogens is 1. The fourth-order valence-corrected chi connectivity index (χ4v) is 5.81. The van der Waals surface area contributed by atoms with Crippen molar-refractivity contribution in [2.24, 2.45) is 0 Å². The molecule has 9 nitrogen and oxygen atoms in total. The fraction of sp³-hybridized carbons (Fsp3) is 0.222. The van der Waals surface area contributed by atoms with Crippen molar-refractivity contribution in [3.63, 3.8) is 0 Å². The number of benzene rings is 3. The second-order valence-corrected chi connectivity index (χ2v) is 13.2. The van der Waals surface area contributed by atoms with Gasteiger partial charge in [-0.05, 0) is 86.6 Å². The van der Waals surface area contributed by atoms with Gasteiger partial charge in [0.25, 0.3) is 0 Å². The van der Waals surface area contributed by atoms with Crippen molar-refractivity contribution >= 4 is 56.6 Å². The van der Waals surface area contributed by atoms with Gasteiger partial charge in [0.1, 0.15) is 11.5 Å². The van der Waals surface area contributed by atoms with E-state index >= 15 is 4.39 Å². The zero-order chi connectivity index (χ0) is 34.1. The molecule has 48 heavy (non-hydrogen) atoms. The summed E-state index contributed by atoms with van der Waals surface area (Å²) >= 11 is 6.72. The molecule has 5 rings (SSSR count). The predicted octanol–water partition coefficient (Wildman–Crippen LogP) is 8.24. The van der Waals surface area contributed by atoms with Crippen molar-refractivity contribution in [3.05, 3.63) is 103 Å². The van der Waals surface area contributed by atoms with E-state index in [1.807, 2.05) is 81.4 Å². The summed E-state index contributed by atoms with van der Waals surface area (Å²) in [6.45, 7) is 6.33. The van der Waals surface area contributed by atoms with E-state index in [0.717, 1.165) is 26.2 Å². The molecular formula is C36H35FN4O5S2. The van der Waals surface area contributed by atoms with E-state index in [9.17, 15) is 9.59 Å². The van der Waals surface area contributed by atoms with Crippen molar-refractivity contribution in [3.8, 4) is 27.7 Å². The van der Waals surface area contributed by atoms with Gasteiger partial charge in [-0.15, -0.1) is 11.3 Å². The maximum atomic E-state index is 15.1. The van der Waals surface area contributed by atoms with Crippen LogP contribution in [0.5, 0.6) is 17.2 Å². The maximum Gasteiger partial charge on any atom is 0.407 e. The Labute approximate surface area is 287 Å². The third kappa shape index (κ3) is 9.96. The van der Waals surface area contributed by atoms with E-state index in [0.29, 0.717) is 30.2 Å². The number of carbonyl (C=O) groups is 2. The Hall–Kier alpha value is -5.07. The van der Waals surface area contributed by atoms with Crippen LogP contribution in [0.25, 0.3) is 20.7 Å². The highest BCUT2D eigenvalue weighted by Gasteiger charge is 2.16. The van der Waals surface area contributed by atoms with Crippen LogP contribution in [-0.4, -0.2) is 40.8 Å². The third-order valence-corrected chi connectivity index (χ3v) is 8.04. The van der Waals surface area contributed by atoms with E-state index in [-0.39, 0.29) is 35.3 Å². The van der Waals surface area contributed by atoms with Crippen LogP contribution in [0.2, 0.25) is 0 Å². The molecule has 0 radical (unpaired) electrons. The highest BCUT2D eigenvalue weighted by atomic mass is 32.1. The number of nitrogens with one attached hydrogen (secondary N) is 3. The van der Waals surface area contributed by atoms with Gasteiger partial charge in [0, 0.05) is 40.9 Å². The van der Waals surface area contributed by atoms with Crippen LogP contribution in [0.15, 0.2) is 91.1 Å². The van der Waals surface area contributed by atoms with Crippen molar-refractivity contribution < 1.29 is 28.2 Å². The summed E-state index contributed by atoms with van der Waals surface area (Å²) < 4.78 is 32.9. The number of amides is 2. The van der Waals surface area contributed by atoms with Crippen molar-refractivity contribution in [2.75, 3.05) is 18.5 Å². The van der Waals surface area contributed by atoms with Gasteiger partial charge in [-0.3, -0.25) is 9.78 Å². The van der Waals surface area contributed by atoms with Gasteiger partial charge in [0.2, 0.25) is 5.91 Å². The first-order valence-electron chi connectivity index (χ1n) is 15.2. The molecule has 5 aromatic rings. The molecule has 248 valence electrons. The van der Waals surface area contributed by atoms with Crippen LogP contribution in [0.1, 0.15) is 32.8 Å². The van der Waals surface area contributed by atoms with Crippen LogP contribution in [-0.2, 0) is 16.0 Å². The Morgan fingerprint density at radius 3 is 2.44 bits per heavy atom. The summed E-state index contributed by atoms with van der Waals surface area (Å²) in [6, 6.07) is 25.0. The average molecular weight is 687 g/mol. The van der Waals surface area contributed by atoms with Crippen LogP contribution < -0.4 is 25.4 Å². The summed E-state index contributed by atoms with van der Waals surface area (Å²) in [4.78, 5) is 29.5. The van der Waals surface area contributed by atoms with E-state index in [4.69, 9.17) is 26.4 Å². The Bertz CT molecular complexity index is 1890. The summed E-state index contributed by atoms with van der Waals surface area (Å²) in [7, 11) is 0. The van der Waals surface area contributed by atoms with Crippen molar-refractivity contribution in [2.45, 2.75) is 39.2 Å². The van der Waals surface area contributed by atoms with Crippen LogP contribution in [0.3, 0.4) is 0 Å². The summed E-state index contributed by atoms with van der Waals surface area (Å²) in [6.07, 6.45) is 1.90. The molecule has 0 aliphatic rings. The first-order valence-corrected chi connectivity index (χ1v) is 16.4. The molecule has 0 fully saturated rings. The average Bonchev–Trinajstić information content (AvgIpc) is 3.47. The Morgan fingerprint density at radius 1 is 0.938 bits per heavy atom. The number of nitrogens with zero attached hydrogens (tertiary/aromatic N) is 1. The standard InChI is InChI=1S/C36H35FN4O5S2/c1-36(2,3)41-35(43)45-19-7-18-44-26-13-10-24(11-14-26)31-22-28-33(48-31)30(16-17-38-28)46-29-15-12-25(21-27(29)37)39-34(47)40-32(42)20-23-8-5-4-6-9-23/h4-6,8-17,21-22H,7,18-20H2,1-3H3,(H,41,43)(H2,39,40,42,47). The molecule has 0 spiro atoms. The van der Waals surface area contributed by atoms with Crippen molar-refractivity contribution in [1.29, 1.82) is 0 Å². The van der Waals surface area contributed by atoms with E-state index < -0.39 is 11.9 Å². The smallest absolute Gasteiger partial charge is 0.407 e. The molecule has 0 saturated heterocycles. The molecular weight excluding hydrogens is 652 g/mol. The lowest BCUT2D eigenvalue weighted by Gasteiger charge is -2.19. The van der Waals surface area contributed by atoms with Gasteiger partial charge < -0.3 is 30.2 Å². The van der Waals surface area contributed by atoms with E-state index in [1.165, 1.54) is 23.5 Å². The number of ether oxygens (including phenoxy) is 3. The summed E-state index contributed by atoms with van der Waals surface area (Å²) in [5.41, 5.74) is 2.56. The number of hydrogen-bond acceptors (Lipinski definition) is 8. The zero-order valence-electron chi connectivity index (χ0n) is 26.7. The number of carbonyl (C=O) groups excluding carboxylic acids is 2. The van der Waals surface area contributed by atoms with Crippen LogP contribution in [0.4, 0.5) is 14.9 Å². The number of pyridine rings is 1. The number of aromatic nitrogens is 1. The number of thiophene rings is 1.